The normalized spacial score (nSPS) is 17.1. The summed E-state index contributed by atoms with van der Waals surface area (Å²) >= 11 is 0. The third-order valence-electron chi connectivity index (χ3n) is 8.15. The van der Waals surface area contributed by atoms with Crippen molar-refractivity contribution in [3.8, 4) is 34.2 Å². The number of benzene rings is 2. The average Bonchev–Trinajstić information content (AvgIpc) is 3.48. The summed E-state index contributed by atoms with van der Waals surface area (Å²) in [5, 5.41) is 25.4. The molecular formula is C32H34F3N7O3. The van der Waals surface area contributed by atoms with E-state index in [9.17, 15) is 33.1 Å². The number of carbonyl (C=O) groups is 2. The lowest BCUT2D eigenvalue weighted by atomic mass is 9.97. The topological polar surface area (TPSA) is 148 Å². The molecule has 0 aliphatic carbocycles. The Kier molecular flexibility index (Phi) is 9.43. The zero-order valence-corrected chi connectivity index (χ0v) is 24.5. The minimum absolute atomic E-state index is 0.0155. The van der Waals surface area contributed by atoms with Crippen LogP contribution in [0.15, 0.2) is 48.5 Å². The Hall–Kier alpha value is -4.83. The van der Waals surface area contributed by atoms with E-state index in [1.807, 2.05) is 10.2 Å². The molecule has 1 atom stereocenters. The van der Waals surface area contributed by atoms with Gasteiger partial charge in [0, 0.05) is 43.2 Å². The summed E-state index contributed by atoms with van der Waals surface area (Å²) in [7, 11) is 0. The van der Waals surface area contributed by atoms with E-state index in [4.69, 9.17) is 5.73 Å². The van der Waals surface area contributed by atoms with Gasteiger partial charge in [0.25, 0.3) is 0 Å². The highest BCUT2D eigenvalue weighted by atomic mass is 19.4. The summed E-state index contributed by atoms with van der Waals surface area (Å²) in [6, 6.07) is 14.7. The molecule has 3 aromatic rings. The summed E-state index contributed by atoms with van der Waals surface area (Å²) in [5.41, 5.74) is 9.00. The fourth-order valence-electron chi connectivity index (χ4n) is 5.84. The van der Waals surface area contributed by atoms with Crippen LogP contribution in [0.3, 0.4) is 0 Å². The van der Waals surface area contributed by atoms with Gasteiger partial charge in [0.15, 0.2) is 0 Å². The second-order valence-corrected chi connectivity index (χ2v) is 11.3. The number of likely N-dealkylation sites (tertiary alicyclic amines) is 1. The van der Waals surface area contributed by atoms with Crippen molar-refractivity contribution in [2.24, 2.45) is 0 Å². The van der Waals surface area contributed by atoms with E-state index in [-0.39, 0.29) is 42.4 Å². The standard InChI is InChI=1S/C32H34F3N7O3/c33-32(34,35)31(45)38-21-10-15-42(19-21)27-9-8-20(16-26(27)39-29(44)11-14-41-12-4-1-5-13-41)23-17-25(40-30(37)24(23)18-36)22-6-2-3-7-28(22)43/h2-3,6-9,16-17,21,43H,1,4-5,10-15,19H2,(H2,37,40)(H,38,45)(H,39,44). The van der Waals surface area contributed by atoms with E-state index in [1.54, 1.807) is 42.5 Å². The van der Waals surface area contributed by atoms with Gasteiger partial charge < -0.3 is 31.3 Å². The van der Waals surface area contributed by atoms with Crippen molar-refractivity contribution in [3.63, 3.8) is 0 Å². The number of nitrogens with two attached hydrogens (primary N) is 1. The highest BCUT2D eigenvalue weighted by Gasteiger charge is 2.40. The molecule has 2 aliphatic rings. The number of alkyl halides is 3. The maximum absolute atomic E-state index is 13.2. The van der Waals surface area contributed by atoms with Gasteiger partial charge in [-0.05, 0) is 68.2 Å². The third-order valence-corrected chi connectivity index (χ3v) is 8.15. The number of pyridine rings is 1. The highest BCUT2D eigenvalue weighted by Crippen LogP contribution is 2.38. The second kappa shape index (κ2) is 13.4. The van der Waals surface area contributed by atoms with Crippen molar-refractivity contribution in [3.05, 3.63) is 54.1 Å². The Bertz CT molecular complexity index is 1620. The zero-order valence-electron chi connectivity index (χ0n) is 24.5. The van der Waals surface area contributed by atoms with Crippen molar-refractivity contribution < 1.29 is 27.9 Å². The molecule has 1 unspecified atom stereocenters. The van der Waals surface area contributed by atoms with E-state index in [0.717, 1.165) is 25.9 Å². The number of nitriles is 1. The number of aromatic nitrogens is 1. The number of nitrogen functional groups attached to an aromatic ring is 1. The zero-order chi connectivity index (χ0) is 32.1. The van der Waals surface area contributed by atoms with E-state index < -0.39 is 18.1 Å². The lowest BCUT2D eigenvalue weighted by molar-refractivity contribution is -0.174. The number of nitrogens with one attached hydrogen (secondary N) is 2. The molecule has 3 heterocycles. The van der Waals surface area contributed by atoms with Crippen LogP contribution in [-0.2, 0) is 9.59 Å². The molecule has 236 valence electrons. The van der Waals surface area contributed by atoms with Crippen molar-refractivity contribution in [1.82, 2.24) is 15.2 Å². The molecule has 2 aromatic carbocycles. The van der Waals surface area contributed by atoms with Crippen LogP contribution in [0.1, 0.15) is 37.7 Å². The number of hydrogen-bond acceptors (Lipinski definition) is 8. The first-order chi connectivity index (χ1) is 21.5. The second-order valence-electron chi connectivity index (χ2n) is 11.3. The minimum Gasteiger partial charge on any atom is -0.507 e. The number of halogens is 3. The summed E-state index contributed by atoms with van der Waals surface area (Å²) in [6.07, 6.45) is -1.09. The molecule has 5 rings (SSSR count). The Morgan fingerprint density at radius 2 is 1.82 bits per heavy atom. The average molecular weight is 622 g/mol. The number of rotatable bonds is 8. The van der Waals surface area contributed by atoms with Crippen molar-refractivity contribution in [2.45, 2.75) is 44.3 Å². The summed E-state index contributed by atoms with van der Waals surface area (Å²) in [4.78, 5) is 33.1. The van der Waals surface area contributed by atoms with Gasteiger partial charge in [0.1, 0.15) is 23.2 Å². The van der Waals surface area contributed by atoms with Crippen molar-refractivity contribution in [1.29, 1.82) is 5.26 Å². The maximum Gasteiger partial charge on any atom is 0.471 e. The number of phenolic OH excluding ortho intramolecular Hbond substituents is 1. The number of hydrogen-bond donors (Lipinski definition) is 4. The number of para-hydroxylation sites is 1. The largest absolute Gasteiger partial charge is 0.507 e. The monoisotopic (exact) mass is 621 g/mol. The first kappa shape index (κ1) is 31.6. The van der Waals surface area contributed by atoms with Gasteiger partial charge in [-0.15, -0.1) is 0 Å². The fourth-order valence-corrected chi connectivity index (χ4v) is 5.84. The van der Waals surface area contributed by atoms with E-state index in [0.29, 0.717) is 46.8 Å². The number of piperidine rings is 1. The predicted octanol–water partition coefficient (Wildman–Crippen LogP) is 4.65. The highest BCUT2D eigenvalue weighted by molar-refractivity contribution is 5.96. The van der Waals surface area contributed by atoms with Crippen LogP contribution in [0.2, 0.25) is 0 Å². The minimum atomic E-state index is -4.98. The van der Waals surface area contributed by atoms with Crippen LogP contribution in [0.4, 0.5) is 30.4 Å². The summed E-state index contributed by atoms with van der Waals surface area (Å²) < 4.78 is 38.6. The molecule has 13 heteroatoms. The number of phenols is 1. The molecule has 45 heavy (non-hydrogen) atoms. The summed E-state index contributed by atoms with van der Waals surface area (Å²) in [5.74, 6) is -2.27. The smallest absolute Gasteiger partial charge is 0.471 e. The molecule has 0 spiro atoms. The van der Waals surface area contributed by atoms with Crippen LogP contribution < -0.4 is 21.3 Å². The number of anilines is 3. The molecular weight excluding hydrogens is 587 g/mol. The molecule has 2 saturated heterocycles. The maximum atomic E-state index is 13.2. The summed E-state index contributed by atoms with van der Waals surface area (Å²) in [6.45, 7) is 2.93. The Labute approximate surface area is 258 Å². The third kappa shape index (κ3) is 7.46. The molecule has 2 fully saturated rings. The number of aromatic hydroxyl groups is 1. The lowest BCUT2D eigenvalue weighted by Gasteiger charge is -2.26. The molecule has 10 nitrogen and oxygen atoms in total. The van der Waals surface area contributed by atoms with Crippen LogP contribution in [0, 0.1) is 11.3 Å². The Balaban J connectivity index is 1.47. The van der Waals surface area contributed by atoms with E-state index in [2.05, 4.69) is 21.3 Å². The van der Waals surface area contributed by atoms with Crippen LogP contribution in [-0.4, -0.2) is 71.7 Å². The Morgan fingerprint density at radius 3 is 2.53 bits per heavy atom. The van der Waals surface area contributed by atoms with Gasteiger partial charge in [-0.3, -0.25) is 9.59 Å². The van der Waals surface area contributed by atoms with Gasteiger partial charge in [-0.2, -0.15) is 18.4 Å². The Morgan fingerprint density at radius 1 is 1.07 bits per heavy atom. The van der Waals surface area contributed by atoms with Gasteiger partial charge >= 0.3 is 12.1 Å². The quantitative estimate of drug-likeness (QED) is 0.284. The van der Waals surface area contributed by atoms with Gasteiger partial charge in [0.2, 0.25) is 5.91 Å². The molecule has 2 aliphatic heterocycles. The molecule has 2 amide bonds. The van der Waals surface area contributed by atoms with Crippen LogP contribution in [0.25, 0.3) is 22.4 Å². The van der Waals surface area contributed by atoms with Crippen LogP contribution >= 0.6 is 0 Å². The number of amides is 2. The fraction of sp³-hybridized carbons (Fsp3) is 0.375. The van der Waals surface area contributed by atoms with Crippen molar-refractivity contribution in [2.75, 3.05) is 48.7 Å². The SMILES string of the molecule is N#Cc1c(-c2ccc(N3CCC(NC(=O)C(F)(F)F)C3)c(NC(=O)CCN3CCCCC3)c2)cc(-c2ccccc2O)nc1N. The first-order valence-corrected chi connectivity index (χ1v) is 14.8. The van der Waals surface area contributed by atoms with E-state index in [1.165, 1.54) is 12.5 Å². The van der Waals surface area contributed by atoms with Gasteiger partial charge in [0.05, 0.1) is 17.1 Å². The van der Waals surface area contributed by atoms with Crippen molar-refractivity contribution >= 4 is 29.0 Å². The molecule has 0 bridgehead atoms. The number of carbonyl (C=O) groups excluding carboxylic acids is 2. The molecule has 5 N–H and O–H groups in total. The predicted molar refractivity (Wildman–Crippen MR) is 164 cm³/mol. The van der Waals surface area contributed by atoms with Gasteiger partial charge in [-0.25, -0.2) is 4.98 Å². The molecule has 0 radical (unpaired) electrons. The van der Waals surface area contributed by atoms with Crippen LogP contribution in [0.5, 0.6) is 5.75 Å². The molecule has 0 saturated carbocycles. The molecule has 1 aromatic heterocycles. The first-order valence-electron chi connectivity index (χ1n) is 14.8. The van der Waals surface area contributed by atoms with Gasteiger partial charge in [-0.1, -0.05) is 24.6 Å². The lowest BCUT2D eigenvalue weighted by Crippen LogP contribution is -2.44. The number of nitrogens with zero attached hydrogens (tertiary/aromatic N) is 4. The van der Waals surface area contributed by atoms with E-state index >= 15 is 0 Å².